The van der Waals surface area contributed by atoms with E-state index < -0.39 is 5.97 Å². The number of hydrogen-bond acceptors (Lipinski definition) is 3. The Morgan fingerprint density at radius 3 is 2.58 bits per heavy atom. The van der Waals surface area contributed by atoms with Gasteiger partial charge in [0.05, 0.1) is 10.6 Å². The molecule has 2 aromatic rings. The zero-order valence-electron chi connectivity index (χ0n) is 10.4. The summed E-state index contributed by atoms with van der Waals surface area (Å²) in [4.78, 5) is 16.8. The SMILES string of the molecule is CN(Cc1ccncc1)c1ccc(C(=O)O)c(Cl)c1. The van der Waals surface area contributed by atoms with Crippen LogP contribution in [0.2, 0.25) is 5.02 Å². The van der Waals surface area contributed by atoms with Crippen molar-refractivity contribution in [1.82, 2.24) is 4.98 Å². The van der Waals surface area contributed by atoms with Gasteiger partial charge in [-0.05, 0) is 35.9 Å². The van der Waals surface area contributed by atoms with E-state index in [4.69, 9.17) is 16.7 Å². The summed E-state index contributed by atoms with van der Waals surface area (Å²) in [6.07, 6.45) is 3.48. The fourth-order valence-electron chi connectivity index (χ4n) is 1.77. The highest BCUT2D eigenvalue weighted by Crippen LogP contribution is 2.24. The quantitative estimate of drug-likeness (QED) is 0.932. The molecule has 19 heavy (non-hydrogen) atoms. The normalized spacial score (nSPS) is 10.2. The lowest BCUT2D eigenvalue weighted by molar-refractivity contribution is 0.0697. The van der Waals surface area contributed by atoms with Crippen molar-refractivity contribution in [1.29, 1.82) is 0 Å². The van der Waals surface area contributed by atoms with E-state index in [2.05, 4.69) is 4.98 Å². The molecule has 0 fully saturated rings. The van der Waals surface area contributed by atoms with Crippen LogP contribution in [0.4, 0.5) is 5.69 Å². The molecule has 0 aliphatic rings. The number of aromatic nitrogens is 1. The molecule has 1 heterocycles. The van der Waals surface area contributed by atoms with Crippen molar-refractivity contribution >= 4 is 23.3 Å². The average Bonchev–Trinajstić information content (AvgIpc) is 2.39. The Morgan fingerprint density at radius 2 is 2.00 bits per heavy atom. The molecule has 4 nitrogen and oxygen atoms in total. The number of hydrogen-bond donors (Lipinski definition) is 1. The fraction of sp³-hybridized carbons (Fsp3) is 0.143. The molecule has 0 bridgehead atoms. The summed E-state index contributed by atoms with van der Waals surface area (Å²) in [5, 5.41) is 9.17. The highest BCUT2D eigenvalue weighted by molar-refractivity contribution is 6.33. The van der Waals surface area contributed by atoms with Crippen molar-refractivity contribution in [2.24, 2.45) is 0 Å². The topological polar surface area (TPSA) is 53.4 Å². The lowest BCUT2D eigenvalue weighted by atomic mass is 10.2. The number of carboxylic acids is 1. The van der Waals surface area contributed by atoms with Crippen LogP contribution in [0.5, 0.6) is 0 Å². The summed E-state index contributed by atoms with van der Waals surface area (Å²) in [5.74, 6) is -1.02. The van der Waals surface area contributed by atoms with Crippen molar-refractivity contribution in [3.63, 3.8) is 0 Å². The third-order valence-corrected chi connectivity index (χ3v) is 3.11. The van der Waals surface area contributed by atoms with Gasteiger partial charge in [-0.1, -0.05) is 11.6 Å². The molecule has 2 rings (SSSR count). The zero-order valence-corrected chi connectivity index (χ0v) is 11.1. The van der Waals surface area contributed by atoms with Crippen molar-refractivity contribution in [3.05, 3.63) is 58.9 Å². The Morgan fingerprint density at radius 1 is 1.32 bits per heavy atom. The van der Waals surface area contributed by atoms with Crippen LogP contribution in [0, 0.1) is 0 Å². The Labute approximate surface area is 116 Å². The van der Waals surface area contributed by atoms with Crippen molar-refractivity contribution in [2.45, 2.75) is 6.54 Å². The van der Waals surface area contributed by atoms with Gasteiger partial charge in [0.25, 0.3) is 0 Å². The number of aromatic carboxylic acids is 1. The summed E-state index contributed by atoms with van der Waals surface area (Å²) in [5.41, 5.74) is 2.10. The highest BCUT2D eigenvalue weighted by atomic mass is 35.5. The maximum atomic E-state index is 10.9. The molecular formula is C14H13ClN2O2. The predicted octanol–water partition coefficient (Wildman–Crippen LogP) is 3.07. The molecule has 0 amide bonds. The minimum Gasteiger partial charge on any atom is -0.478 e. The van der Waals surface area contributed by atoms with Gasteiger partial charge in [0.15, 0.2) is 0 Å². The van der Waals surface area contributed by atoms with Gasteiger partial charge in [-0.3, -0.25) is 4.98 Å². The van der Waals surface area contributed by atoms with Gasteiger partial charge in [0.1, 0.15) is 0 Å². The van der Waals surface area contributed by atoms with Crippen molar-refractivity contribution < 1.29 is 9.90 Å². The number of carbonyl (C=O) groups is 1. The van der Waals surface area contributed by atoms with E-state index in [1.807, 2.05) is 24.1 Å². The Kier molecular flexibility index (Phi) is 4.02. The first-order valence-corrected chi connectivity index (χ1v) is 6.08. The molecule has 0 radical (unpaired) electrons. The van der Waals surface area contributed by atoms with E-state index >= 15 is 0 Å². The van der Waals surface area contributed by atoms with Crippen LogP contribution in [-0.2, 0) is 6.54 Å². The first-order valence-electron chi connectivity index (χ1n) is 5.71. The second-order valence-electron chi connectivity index (χ2n) is 4.18. The first kappa shape index (κ1) is 13.4. The summed E-state index contributed by atoms with van der Waals surface area (Å²) in [7, 11) is 1.92. The smallest absolute Gasteiger partial charge is 0.337 e. The minimum absolute atomic E-state index is 0.114. The molecule has 0 unspecified atom stereocenters. The molecule has 5 heteroatoms. The number of benzene rings is 1. The number of carboxylic acid groups (broad SMARTS) is 1. The van der Waals surface area contributed by atoms with E-state index in [1.165, 1.54) is 6.07 Å². The van der Waals surface area contributed by atoms with E-state index in [0.29, 0.717) is 6.54 Å². The molecule has 1 N–H and O–H groups in total. The summed E-state index contributed by atoms with van der Waals surface area (Å²) in [6.45, 7) is 0.700. The predicted molar refractivity (Wildman–Crippen MR) is 74.8 cm³/mol. The van der Waals surface area contributed by atoms with Crippen LogP contribution in [0.15, 0.2) is 42.7 Å². The first-order chi connectivity index (χ1) is 9.08. The van der Waals surface area contributed by atoms with Crippen LogP contribution in [0.25, 0.3) is 0 Å². The summed E-state index contributed by atoms with van der Waals surface area (Å²) >= 11 is 5.95. The van der Waals surface area contributed by atoms with Gasteiger partial charge in [-0.2, -0.15) is 0 Å². The van der Waals surface area contributed by atoms with Gasteiger partial charge >= 0.3 is 5.97 Å². The lowest BCUT2D eigenvalue weighted by Gasteiger charge is -2.20. The van der Waals surface area contributed by atoms with Crippen LogP contribution >= 0.6 is 11.6 Å². The number of halogens is 1. The standard InChI is InChI=1S/C14H13ClN2O2/c1-17(9-10-4-6-16-7-5-10)11-2-3-12(14(18)19)13(15)8-11/h2-8H,9H2,1H3,(H,18,19). The van der Waals surface area contributed by atoms with Gasteiger partial charge < -0.3 is 10.0 Å². The van der Waals surface area contributed by atoms with E-state index in [9.17, 15) is 4.79 Å². The van der Waals surface area contributed by atoms with Crippen LogP contribution < -0.4 is 4.90 Å². The zero-order chi connectivity index (χ0) is 13.8. The Hall–Kier alpha value is -2.07. The van der Waals surface area contributed by atoms with Gasteiger partial charge in [0.2, 0.25) is 0 Å². The monoisotopic (exact) mass is 276 g/mol. The third-order valence-electron chi connectivity index (χ3n) is 2.79. The molecule has 0 aliphatic carbocycles. The van der Waals surface area contributed by atoms with Crippen LogP contribution in [-0.4, -0.2) is 23.1 Å². The largest absolute Gasteiger partial charge is 0.478 e. The van der Waals surface area contributed by atoms with Gasteiger partial charge in [-0.15, -0.1) is 0 Å². The molecular weight excluding hydrogens is 264 g/mol. The molecule has 0 spiro atoms. The summed E-state index contributed by atoms with van der Waals surface area (Å²) < 4.78 is 0. The third kappa shape index (κ3) is 3.23. The van der Waals surface area contributed by atoms with Crippen LogP contribution in [0.1, 0.15) is 15.9 Å². The van der Waals surface area contributed by atoms with Crippen LogP contribution in [0.3, 0.4) is 0 Å². The number of pyridine rings is 1. The second-order valence-corrected chi connectivity index (χ2v) is 4.59. The van der Waals surface area contributed by atoms with Crippen molar-refractivity contribution in [3.8, 4) is 0 Å². The summed E-state index contributed by atoms with van der Waals surface area (Å²) in [6, 6.07) is 8.79. The number of anilines is 1. The van der Waals surface area contributed by atoms with E-state index in [0.717, 1.165) is 11.3 Å². The molecule has 0 saturated carbocycles. The second kappa shape index (κ2) is 5.71. The molecule has 0 aliphatic heterocycles. The number of rotatable bonds is 4. The number of nitrogens with zero attached hydrogens (tertiary/aromatic N) is 2. The molecule has 1 aromatic heterocycles. The van der Waals surface area contributed by atoms with Crippen molar-refractivity contribution in [2.75, 3.05) is 11.9 Å². The average molecular weight is 277 g/mol. The fourth-order valence-corrected chi connectivity index (χ4v) is 2.02. The van der Waals surface area contributed by atoms with E-state index in [-0.39, 0.29) is 10.6 Å². The molecule has 98 valence electrons. The lowest BCUT2D eigenvalue weighted by Crippen LogP contribution is -2.16. The minimum atomic E-state index is -1.02. The molecule has 0 saturated heterocycles. The molecule has 1 aromatic carbocycles. The molecule has 0 atom stereocenters. The van der Waals surface area contributed by atoms with E-state index in [1.54, 1.807) is 24.5 Å². The Balaban J connectivity index is 2.18. The van der Waals surface area contributed by atoms with Gasteiger partial charge in [0, 0.05) is 31.7 Å². The maximum absolute atomic E-state index is 10.9. The van der Waals surface area contributed by atoms with Gasteiger partial charge in [-0.25, -0.2) is 4.79 Å². The Bertz CT molecular complexity index is 587. The maximum Gasteiger partial charge on any atom is 0.337 e. The highest BCUT2D eigenvalue weighted by Gasteiger charge is 2.10.